The number of hydrogen-bond acceptors (Lipinski definition) is 5. The second-order valence-corrected chi connectivity index (χ2v) is 7.67. The molecule has 3 rings (SSSR count). The zero-order valence-electron chi connectivity index (χ0n) is 18.6. The third kappa shape index (κ3) is 6.41. The Morgan fingerprint density at radius 2 is 1.62 bits per heavy atom. The van der Waals surface area contributed by atoms with Crippen LogP contribution in [0.15, 0.2) is 60.7 Å². The van der Waals surface area contributed by atoms with E-state index >= 15 is 0 Å². The van der Waals surface area contributed by atoms with Crippen LogP contribution in [0, 0.1) is 6.92 Å². The van der Waals surface area contributed by atoms with Gasteiger partial charge in [0.15, 0.2) is 11.5 Å². The summed E-state index contributed by atoms with van der Waals surface area (Å²) in [5.41, 5.74) is 4.62. The lowest BCUT2D eigenvalue weighted by Gasteiger charge is -2.16. The number of aryl methyl sites for hydroxylation is 1. The smallest absolute Gasteiger partial charge is 0.338 e. The van der Waals surface area contributed by atoms with Gasteiger partial charge in [0.1, 0.15) is 6.61 Å². The normalized spacial score (nSPS) is 10.5. The van der Waals surface area contributed by atoms with Crippen molar-refractivity contribution in [2.75, 3.05) is 18.5 Å². The second kappa shape index (κ2) is 11.4. The Balaban J connectivity index is 1.68. The minimum absolute atomic E-state index is 0.326. The van der Waals surface area contributed by atoms with Gasteiger partial charge in [0, 0.05) is 12.2 Å². The highest BCUT2D eigenvalue weighted by Gasteiger charge is 2.13. The molecule has 0 atom stereocenters. The molecule has 0 fully saturated rings. The maximum Gasteiger partial charge on any atom is 0.338 e. The predicted octanol–water partition coefficient (Wildman–Crippen LogP) is 6.41. The Morgan fingerprint density at radius 1 is 0.906 bits per heavy atom. The first-order chi connectivity index (χ1) is 15.5. The quantitative estimate of drug-likeness (QED) is 0.359. The first-order valence-corrected chi connectivity index (χ1v) is 11.0. The first kappa shape index (κ1) is 23.5. The molecule has 5 nitrogen and oxygen atoms in total. The predicted molar refractivity (Wildman–Crippen MR) is 128 cm³/mol. The van der Waals surface area contributed by atoms with Crippen molar-refractivity contribution in [2.45, 2.75) is 33.9 Å². The Kier molecular flexibility index (Phi) is 8.40. The van der Waals surface area contributed by atoms with Gasteiger partial charge in [-0.3, -0.25) is 0 Å². The SMILES string of the molecule is CCOC(=O)c1ccc(NCc2cc(Cl)c(OCc3ccc(C)cc3)c(OCC)c2)cc1. The third-order valence-corrected chi connectivity index (χ3v) is 5.05. The van der Waals surface area contributed by atoms with Crippen LogP contribution in [0.4, 0.5) is 5.69 Å². The lowest BCUT2D eigenvalue weighted by Crippen LogP contribution is -2.05. The average Bonchev–Trinajstić information content (AvgIpc) is 2.79. The van der Waals surface area contributed by atoms with Crippen molar-refractivity contribution in [3.8, 4) is 11.5 Å². The van der Waals surface area contributed by atoms with Crippen molar-refractivity contribution in [2.24, 2.45) is 0 Å². The van der Waals surface area contributed by atoms with Crippen molar-refractivity contribution in [1.82, 2.24) is 0 Å². The van der Waals surface area contributed by atoms with Gasteiger partial charge in [0.2, 0.25) is 0 Å². The van der Waals surface area contributed by atoms with E-state index < -0.39 is 0 Å². The van der Waals surface area contributed by atoms with Crippen molar-refractivity contribution < 1.29 is 19.0 Å². The van der Waals surface area contributed by atoms with Crippen LogP contribution in [-0.4, -0.2) is 19.2 Å². The monoisotopic (exact) mass is 453 g/mol. The fraction of sp³-hybridized carbons (Fsp3) is 0.269. The third-order valence-electron chi connectivity index (χ3n) is 4.77. The number of nitrogens with one attached hydrogen (secondary N) is 1. The second-order valence-electron chi connectivity index (χ2n) is 7.26. The molecule has 0 aliphatic carbocycles. The molecule has 0 bridgehead atoms. The Hall–Kier alpha value is -3.18. The average molecular weight is 454 g/mol. The summed E-state index contributed by atoms with van der Waals surface area (Å²) in [4.78, 5) is 11.8. The molecule has 0 aliphatic heterocycles. The minimum atomic E-state index is -0.326. The molecule has 0 saturated carbocycles. The van der Waals surface area contributed by atoms with Crippen LogP contribution < -0.4 is 14.8 Å². The highest BCUT2D eigenvalue weighted by molar-refractivity contribution is 6.32. The molecule has 6 heteroatoms. The van der Waals surface area contributed by atoms with Crippen molar-refractivity contribution in [1.29, 1.82) is 0 Å². The van der Waals surface area contributed by atoms with E-state index in [4.69, 9.17) is 25.8 Å². The van der Waals surface area contributed by atoms with Gasteiger partial charge in [-0.15, -0.1) is 0 Å². The molecule has 168 valence electrons. The zero-order chi connectivity index (χ0) is 22.9. The largest absolute Gasteiger partial charge is 0.490 e. The van der Waals surface area contributed by atoms with Crippen molar-refractivity contribution in [3.05, 3.63) is 87.9 Å². The fourth-order valence-corrected chi connectivity index (χ4v) is 3.40. The van der Waals surface area contributed by atoms with Crippen LogP contribution in [0.25, 0.3) is 0 Å². The van der Waals surface area contributed by atoms with Crippen LogP contribution in [0.2, 0.25) is 5.02 Å². The number of esters is 1. The molecule has 0 saturated heterocycles. The molecular formula is C26H28ClNO4. The summed E-state index contributed by atoms with van der Waals surface area (Å²) >= 11 is 6.54. The molecule has 0 unspecified atom stereocenters. The first-order valence-electron chi connectivity index (χ1n) is 10.6. The number of rotatable bonds is 10. The van der Waals surface area contributed by atoms with Crippen molar-refractivity contribution in [3.63, 3.8) is 0 Å². The van der Waals surface area contributed by atoms with Gasteiger partial charge >= 0.3 is 5.97 Å². The summed E-state index contributed by atoms with van der Waals surface area (Å²) < 4.78 is 16.8. The maximum absolute atomic E-state index is 11.8. The zero-order valence-corrected chi connectivity index (χ0v) is 19.4. The molecule has 3 aromatic rings. The van der Waals surface area contributed by atoms with Crippen LogP contribution in [0.3, 0.4) is 0 Å². The molecule has 3 aromatic carbocycles. The maximum atomic E-state index is 11.8. The molecule has 0 amide bonds. The van der Waals surface area contributed by atoms with Gasteiger partial charge in [0.25, 0.3) is 0 Å². The highest BCUT2D eigenvalue weighted by atomic mass is 35.5. The van der Waals surface area contributed by atoms with Gasteiger partial charge in [-0.1, -0.05) is 41.4 Å². The van der Waals surface area contributed by atoms with E-state index in [0.29, 0.717) is 48.5 Å². The molecular weight excluding hydrogens is 426 g/mol. The molecule has 1 N–H and O–H groups in total. The van der Waals surface area contributed by atoms with Gasteiger partial charge in [-0.2, -0.15) is 0 Å². The van der Waals surface area contributed by atoms with E-state index in [9.17, 15) is 4.79 Å². The summed E-state index contributed by atoms with van der Waals surface area (Å²) in [5, 5.41) is 3.83. The number of carbonyl (C=O) groups excluding carboxylic acids is 1. The molecule has 0 heterocycles. The number of benzene rings is 3. The van der Waals surface area contributed by atoms with Gasteiger partial charge < -0.3 is 19.5 Å². The summed E-state index contributed by atoms with van der Waals surface area (Å²) in [6.07, 6.45) is 0. The van der Waals surface area contributed by atoms with E-state index in [1.54, 1.807) is 19.1 Å². The van der Waals surface area contributed by atoms with E-state index in [-0.39, 0.29) is 5.97 Å². The summed E-state index contributed by atoms with van der Waals surface area (Å²) in [6, 6.07) is 19.1. The van der Waals surface area contributed by atoms with E-state index in [0.717, 1.165) is 16.8 Å². The topological polar surface area (TPSA) is 56.8 Å². The lowest BCUT2D eigenvalue weighted by molar-refractivity contribution is 0.0526. The Labute approximate surface area is 194 Å². The van der Waals surface area contributed by atoms with E-state index in [1.165, 1.54) is 5.56 Å². The van der Waals surface area contributed by atoms with Gasteiger partial charge in [0.05, 0.1) is 23.8 Å². The van der Waals surface area contributed by atoms with Crippen LogP contribution in [0.1, 0.15) is 40.9 Å². The summed E-state index contributed by atoms with van der Waals surface area (Å²) in [7, 11) is 0. The van der Waals surface area contributed by atoms with Crippen molar-refractivity contribution >= 4 is 23.3 Å². The van der Waals surface area contributed by atoms with E-state index in [1.807, 2.05) is 43.3 Å². The van der Waals surface area contributed by atoms with Crippen LogP contribution >= 0.6 is 11.6 Å². The minimum Gasteiger partial charge on any atom is -0.490 e. The standard InChI is InChI=1S/C26H28ClNO4/c1-4-30-24-15-20(16-28-22-12-10-21(11-13-22)26(29)31-5-2)14-23(27)25(24)32-17-19-8-6-18(3)7-9-19/h6-15,28H,4-5,16-17H2,1-3H3. The molecule has 0 spiro atoms. The fourth-order valence-electron chi connectivity index (χ4n) is 3.11. The Morgan fingerprint density at radius 3 is 2.28 bits per heavy atom. The van der Waals surface area contributed by atoms with Crippen LogP contribution in [0.5, 0.6) is 11.5 Å². The van der Waals surface area contributed by atoms with Crippen LogP contribution in [-0.2, 0) is 17.9 Å². The summed E-state index contributed by atoms with van der Waals surface area (Å²) in [6.45, 7) is 7.56. The summed E-state index contributed by atoms with van der Waals surface area (Å²) in [5.74, 6) is 0.826. The number of ether oxygens (including phenoxy) is 3. The molecule has 0 aromatic heterocycles. The van der Waals surface area contributed by atoms with Gasteiger partial charge in [-0.05, 0) is 68.3 Å². The van der Waals surface area contributed by atoms with E-state index in [2.05, 4.69) is 24.4 Å². The number of hydrogen-bond donors (Lipinski definition) is 1. The molecule has 0 aliphatic rings. The Bertz CT molecular complexity index is 1030. The number of halogens is 1. The number of carbonyl (C=O) groups is 1. The van der Waals surface area contributed by atoms with Gasteiger partial charge in [-0.25, -0.2) is 4.79 Å². The molecule has 32 heavy (non-hydrogen) atoms. The number of anilines is 1. The highest BCUT2D eigenvalue weighted by Crippen LogP contribution is 2.37. The molecule has 0 radical (unpaired) electrons. The lowest BCUT2D eigenvalue weighted by atomic mass is 10.1.